The van der Waals surface area contributed by atoms with Gasteiger partial charge in [-0.25, -0.2) is 4.39 Å². The van der Waals surface area contributed by atoms with E-state index < -0.39 is 6.04 Å². The highest BCUT2D eigenvalue weighted by Gasteiger charge is 2.41. The lowest BCUT2D eigenvalue weighted by atomic mass is 10.1. The van der Waals surface area contributed by atoms with Gasteiger partial charge in [0.1, 0.15) is 17.2 Å². The molecule has 1 aromatic carbocycles. The highest BCUT2D eigenvalue weighted by Crippen LogP contribution is 2.42. The van der Waals surface area contributed by atoms with Crippen LogP contribution in [0.3, 0.4) is 0 Å². The van der Waals surface area contributed by atoms with Gasteiger partial charge in [0.05, 0.1) is 0 Å². The number of carbonyl (C=O) groups excluding carboxylic acids is 2. The lowest BCUT2D eigenvalue weighted by Crippen LogP contribution is -2.48. The van der Waals surface area contributed by atoms with Crippen molar-refractivity contribution in [2.75, 3.05) is 12.3 Å². The van der Waals surface area contributed by atoms with Crippen molar-refractivity contribution in [2.45, 2.75) is 63.8 Å². The molecule has 144 valence electrons. The zero-order valence-electron chi connectivity index (χ0n) is 15.7. The van der Waals surface area contributed by atoms with Crippen LogP contribution in [0.1, 0.15) is 63.3 Å². The smallest absolute Gasteiger partial charge is 0.243 e. The predicted octanol–water partition coefficient (Wildman–Crippen LogP) is 4.26. The molecule has 1 aliphatic rings. The number of carbonyl (C=O) groups is 2. The van der Waals surface area contributed by atoms with E-state index in [9.17, 15) is 14.0 Å². The predicted molar refractivity (Wildman–Crippen MR) is 104 cm³/mol. The van der Waals surface area contributed by atoms with E-state index in [4.69, 9.17) is 0 Å². The van der Waals surface area contributed by atoms with Gasteiger partial charge in [0.25, 0.3) is 0 Å². The van der Waals surface area contributed by atoms with Crippen LogP contribution in [0.2, 0.25) is 0 Å². The molecule has 6 heteroatoms. The minimum absolute atomic E-state index is 0.0436. The van der Waals surface area contributed by atoms with Crippen molar-refractivity contribution < 1.29 is 14.0 Å². The Morgan fingerprint density at radius 3 is 2.73 bits per heavy atom. The first kappa shape index (κ1) is 20.7. The fraction of sp³-hybridized carbons (Fsp3) is 0.600. The number of hydrogen-bond donors (Lipinski definition) is 1. The monoisotopic (exact) mass is 380 g/mol. The molecule has 0 saturated carbocycles. The second-order valence-electron chi connectivity index (χ2n) is 6.66. The van der Waals surface area contributed by atoms with E-state index >= 15 is 0 Å². The number of halogens is 1. The lowest BCUT2D eigenvalue weighted by Gasteiger charge is -2.29. The number of nitrogens with zero attached hydrogens (tertiary/aromatic N) is 1. The van der Waals surface area contributed by atoms with Gasteiger partial charge in [-0.1, -0.05) is 45.2 Å². The van der Waals surface area contributed by atoms with E-state index in [0.717, 1.165) is 37.7 Å². The van der Waals surface area contributed by atoms with E-state index in [2.05, 4.69) is 12.2 Å². The summed E-state index contributed by atoms with van der Waals surface area (Å²) in [7, 11) is 0. The van der Waals surface area contributed by atoms with Gasteiger partial charge in [-0.05, 0) is 30.5 Å². The zero-order valence-corrected chi connectivity index (χ0v) is 16.5. The maximum absolute atomic E-state index is 13.6. The van der Waals surface area contributed by atoms with Crippen LogP contribution in [0.4, 0.5) is 4.39 Å². The van der Waals surface area contributed by atoms with E-state index in [0.29, 0.717) is 18.7 Å². The van der Waals surface area contributed by atoms with Crippen LogP contribution in [0.15, 0.2) is 24.3 Å². The molecule has 1 fully saturated rings. The van der Waals surface area contributed by atoms with Crippen LogP contribution in [0.5, 0.6) is 0 Å². The van der Waals surface area contributed by atoms with Gasteiger partial charge < -0.3 is 10.2 Å². The second-order valence-corrected chi connectivity index (χ2v) is 7.77. The summed E-state index contributed by atoms with van der Waals surface area (Å²) in [5.41, 5.74) is 0.734. The normalized spacial score (nSPS) is 19.6. The number of thioether (sulfide) groups is 1. The van der Waals surface area contributed by atoms with Crippen molar-refractivity contribution in [2.24, 2.45) is 0 Å². The van der Waals surface area contributed by atoms with Crippen molar-refractivity contribution in [3.63, 3.8) is 0 Å². The van der Waals surface area contributed by atoms with Gasteiger partial charge in [0.15, 0.2) is 0 Å². The number of nitrogens with one attached hydrogen (secondary N) is 1. The second kappa shape index (κ2) is 10.6. The number of rotatable bonds is 9. The van der Waals surface area contributed by atoms with E-state index in [1.54, 1.807) is 11.0 Å². The SMILES string of the molecule is CCCCCCNC(=O)[C@@H]1CS[C@H](c2cccc(F)c2)N1C(=O)CCC. The topological polar surface area (TPSA) is 49.4 Å². The molecule has 0 bridgehead atoms. The molecule has 0 radical (unpaired) electrons. The Balaban J connectivity index is 2.07. The molecule has 0 unspecified atom stereocenters. The number of unbranched alkanes of at least 4 members (excludes halogenated alkanes) is 3. The number of hydrogen-bond acceptors (Lipinski definition) is 3. The molecule has 0 spiro atoms. The molecule has 1 aromatic rings. The summed E-state index contributed by atoms with van der Waals surface area (Å²) in [5, 5.41) is 2.67. The quantitative estimate of drug-likeness (QED) is 0.651. The molecule has 26 heavy (non-hydrogen) atoms. The molecule has 2 rings (SSSR count). The van der Waals surface area contributed by atoms with Crippen LogP contribution in [0, 0.1) is 5.82 Å². The largest absolute Gasteiger partial charge is 0.354 e. The van der Waals surface area contributed by atoms with Crippen molar-refractivity contribution in [1.82, 2.24) is 10.2 Å². The van der Waals surface area contributed by atoms with E-state index in [-0.39, 0.29) is 23.0 Å². The maximum Gasteiger partial charge on any atom is 0.243 e. The summed E-state index contributed by atoms with van der Waals surface area (Å²) in [5.74, 6) is 0.0716. The molecule has 0 aliphatic carbocycles. The van der Waals surface area contributed by atoms with Gasteiger partial charge in [0.2, 0.25) is 11.8 Å². The molecule has 1 aliphatic heterocycles. The van der Waals surface area contributed by atoms with Gasteiger partial charge in [0, 0.05) is 18.7 Å². The average Bonchev–Trinajstić information content (AvgIpc) is 3.07. The van der Waals surface area contributed by atoms with Gasteiger partial charge in [-0.3, -0.25) is 9.59 Å². The summed E-state index contributed by atoms with van der Waals surface area (Å²) < 4.78 is 13.6. The molecule has 1 saturated heterocycles. The molecule has 2 atom stereocenters. The van der Waals surface area contributed by atoms with E-state index in [1.165, 1.54) is 23.9 Å². The molecular weight excluding hydrogens is 351 g/mol. The molecule has 4 nitrogen and oxygen atoms in total. The summed E-state index contributed by atoms with van der Waals surface area (Å²) >= 11 is 1.53. The van der Waals surface area contributed by atoms with Crippen molar-refractivity contribution in [3.8, 4) is 0 Å². The summed E-state index contributed by atoms with van der Waals surface area (Å²) in [6, 6.07) is 5.82. The first-order valence-corrected chi connectivity index (χ1v) is 10.6. The fourth-order valence-electron chi connectivity index (χ4n) is 3.15. The van der Waals surface area contributed by atoms with Gasteiger partial charge in [-0.2, -0.15) is 0 Å². The van der Waals surface area contributed by atoms with Crippen molar-refractivity contribution in [1.29, 1.82) is 0 Å². The molecule has 0 aromatic heterocycles. The van der Waals surface area contributed by atoms with Crippen molar-refractivity contribution >= 4 is 23.6 Å². The maximum atomic E-state index is 13.6. The molecular formula is C20H29FN2O2S. The Morgan fingerprint density at radius 2 is 2.04 bits per heavy atom. The minimum Gasteiger partial charge on any atom is -0.354 e. The highest BCUT2D eigenvalue weighted by atomic mass is 32.2. The zero-order chi connectivity index (χ0) is 18.9. The standard InChI is InChI=1S/C20H29FN2O2S/c1-3-5-6-7-12-22-19(25)17-14-26-20(23(17)18(24)9-4-2)15-10-8-11-16(21)13-15/h8,10-11,13,17,20H,3-7,9,12,14H2,1-2H3,(H,22,25)/t17-,20+/m0/s1. The summed E-state index contributed by atoms with van der Waals surface area (Å²) in [6.07, 6.45) is 5.49. The van der Waals surface area contributed by atoms with Crippen LogP contribution in [-0.2, 0) is 9.59 Å². The Kier molecular flexibility index (Phi) is 8.42. The fourth-order valence-corrected chi connectivity index (χ4v) is 4.59. The van der Waals surface area contributed by atoms with Crippen LogP contribution in [-0.4, -0.2) is 35.1 Å². The highest BCUT2D eigenvalue weighted by molar-refractivity contribution is 7.99. The Hall–Kier alpha value is -1.56. The van der Waals surface area contributed by atoms with Gasteiger partial charge in [-0.15, -0.1) is 11.8 Å². The minimum atomic E-state index is -0.488. The average molecular weight is 381 g/mol. The molecule has 1 heterocycles. The third kappa shape index (κ3) is 5.47. The first-order valence-electron chi connectivity index (χ1n) is 9.54. The Labute approximate surface area is 159 Å². The number of amides is 2. The van der Waals surface area contributed by atoms with Gasteiger partial charge >= 0.3 is 0 Å². The number of benzene rings is 1. The molecule has 2 amide bonds. The van der Waals surface area contributed by atoms with Crippen LogP contribution in [0.25, 0.3) is 0 Å². The summed E-state index contributed by atoms with van der Waals surface area (Å²) in [6.45, 7) is 4.74. The van der Waals surface area contributed by atoms with Crippen molar-refractivity contribution in [3.05, 3.63) is 35.6 Å². The summed E-state index contributed by atoms with van der Waals surface area (Å²) in [4.78, 5) is 27.0. The third-order valence-corrected chi connectivity index (χ3v) is 5.84. The lowest BCUT2D eigenvalue weighted by molar-refractivity contribution is -0.139. The van der Waals surface area contributed by atoms with Crippen LogP contribution >= 0.6 is 11.8 Å². The van der Waals surface area contributed by atoms with Crippen LogP contribution < -0.4 is 5.32 Å². The molecule has 1 N–H and O–H groups in total. The first-order chi connectivity index (χ1) is 12.6. The third-order valence-electron chi connectivity index (χ3n) is 4.52. The van der Waals surface area contributed by atoms with E-state index in [1.807, 2.05) is 13.0 Å². The Morgan fingerprint density at radius 1 is 1.23 bits per heavy atom. The Bertz CT molecular complexity index is 611.